The normalized spacial score (nSPS) is 13.7. The average molecular weight is 281 g/mol. The van der Waals surface area contributed by atoms with Crippen molar-refractivity contribution in [3.8, 4) is 0 Å². The fourth-order valence-electron chi connectivity index (χ4n) is 2.76. The van der Waals surface area contributed by atoms with Crippen LogP contribution in [-0.2, 0) is 17.6 Å². The van der Waals surface area contributed by atoms with E-state index in [1.165, 1.54) is 17.2 Å². The number of benzene rings is 2. The highest BCUT2D eigenvalue weighted by Crippen LogP contribution is 2.27. The van der Waals surface area contributed by atoms with Crippen LogP contribution in [0.4, 0.5) is 5.69 Å². The van der Waals surface area contributed by atoms with Crippen LogP contribution in [-0.4, -0.2) is 17.0 Å². The van der Waals surface area contributed by atoms with Gasteiger partial charge in [0.05, 0.1) is 11.3 Å². The highest BCUT2D eigenvalue weighted by Gasteiger charge is 2.27. The molecule has 0 atom stereocenters. The minimum Gasteiger partial charge on any atom is -0.478 e. The van der Waals surface area contributed by atoms with Crippen molar-refractivity contribution in [3.63, 3.8) is 0 Å². The fourth-order valence-corrected chi connectivity index (χ4v) is 2.76. The molecule has 4 heteroatoms. The van der Waals surface area contributed by atoms with E-state index in [0.29, 0.717) is 18.5 Å². The summed E-state index contributed by atoms with van der Waals surface area (Å²) < 4.78 is 0. The van der Waals surface area contributed by atoms with Gasteiger partial charge in [0, 0.05) is 5.92 Å². The van der Waals surface area contributed by atoms with E-state index in [9.17, 15) is 9.59 Å². The second-order valence-corrected chi connectivity index (χ2v) is 5.21. The van der Waals surface area contributed by atoms with E-state index in [4.69, 9.17) is 5.11 Å². The van der Waals surface area contributed by atoms with Gasteiger partial charge < -0.3 is 10.4 Å². The molecule has 0 aliphatic heterocycles. The summed E-state index contributed by atoms with van der Waals surface area (Å²) in [6.45, 7) is 0. The summed E-state index contributed by atoms with van der Waals surface area (Å²) in [7, 11) is 0. The number of amides is 1. The van der Waals surface area contributed by atoms with E-state index >= 15 is 0 Å². The van der Waals surface area contributed by atoms with Gasteiger partial charge in [0.15, 0.2) is 0 Å². The molecule has 0 heterocycles. The van der Waals surface area contributed by atoms with Gasteiger partial charge >= 0.3 is 5.97 Å². The van der Waals surface area contributed by atoms with Crippen LogP contribution in [0.15, 0.2) is 48.5 Å². The zero-order valence-electron chi connectivity index (χ0n) is 11.4. The molecular formula is C17H15NO3. The summed E-state index contributed by atoms with van der Waals surface area (Å²) in [6.07, 6.45) is 1.41. The largest absolute Gasteiger partial charge is 0.478 e. The molecule has 1 aliphatic rings. The Morgan fingerprint density at radius 3 is 2.14 bits per heavy atom. The molecule has 2 aromatic rings. The monoisotopic (exact) mass is 281 g/mol. The van der Waals surface area contributed by atoms with Crippen molar-refractivity contribution in [3.05, 3.63) is 65.2 Å². The predicted octanol–water partition coefficient (Wildman–Crippen LogP) is 2.74. The molecule has 0 fully saturated rings. The lowest BCUT2D eigenvalue weighted by atomic mass is 10.0. The van der Waals surface area contributed by atoms with Crippen LogP contribution in [0.2, 0.25) is 0 Å². The Labute approximate surface area is 122 Å². The van der Waals surface area contributed by atoms with Gasteiger partial charge in [-0.1, -0.05) is 36.4 Å². The first-order chi connectivity index (χ1) is 10.1. The molecular weight excluding hydrogens is 266 g/mol. The Kier molecular flexibility index (Phi) is 3.44. The lowest BCUT2D eigenvalue weighted by Gasteiger charge is -2.12. The third-order valence-corrected chi connectivity index (χ3v) is 3.84. The number of carboxylic acid groups (broad SMARTS) is 1. The number of para-hydroxylation sites is 1. The maximum absolute atomic E-state index is 12.4. The van der Waals surface area contributed by atoms with Crippen molar-refractivity contribution in [2.24, 2.45) is 5.92 Å². The lowest BCUT2D eigenvalue weighted by molar-refractivity contribution is -0.119. The zero-order chi connectivity index (χ0) is 14.8. The predicted molar refractivity (Wildman–Crippen MR) is 79.4 cm³/mol. The van der Waals surface area contributed by atoms with Gasteiger partial charge in [-0.15, -0.1) is 0 Å². The lowest BCUT2D eigenvalue weighted by Crippen LogP contribution is -2.24. The molecule has 2 aromatic carbocycles. The zero-order valence-corrected chi connectivity index (χ0v) is 11.4. The number of anilines is 1. The number of rotatable bonds is 3. The molecule has 3 rings (SSSR count). The summed E-state index contributed by atoms with van der Waals surface area (Å²) >= 11 is 0. The number of hydrogen-bond acceptors (Lipinski definition) is 2. The smallest absolute Gasteiger partial charge is 0.337 e. The molecule has 0 spiro atoms. The van der Waals surface area contributed by atoms with E-state index in [2.05, 4.69) is 5.32 Å². The maximum atomic E-state index is 12.4. The number of hydrogen-bond donors (Lipinski definition) is 2. The second kappa shape index (κ2) is 5.40. The van der Waals surface area contributed by atoms with Crippen LogP contribution in [0.5, 0.6) is 0 Å². The molecule has 0 aromatic heterocycles. The van der Waals surface area contributed by atoms with E-state index in [1.807, 2.05) is 24.3 Å². The van der Waals surface area contributed by atoms with Gasteiger partial charge in [-0.25, -0.2) is 4.79 Å². The molecule has 0 unspecified atom stereocenters. The summed E-state index contributed by atoms with van der Waals surface area (Å²) in [5, 5.41) is 11.9. The summed E-state index contributed by atoms with van der Waals surface area (Å²) in [5.41, 5.74) is 2.86. The average Bonchev–Trinajstić information content (AvgIpc) is 2.91. The maximum Gasteiger partial charge on any atom is 0.337 e. The quantitative estimate of drug-likeness (QED) is 0.909. The number of carbonyl (C=O) groups is 2. The van der Waals surface area contributed by atoms with E-state index in [1.54, 1.807) is 18.2 Å². The second-order valence-electron chi connectivity index (χ2n) is 5.21. The topological polar surface area (TPSA) is 66.4 Å². The first kappa shape index (κ1) is 13.4. The van der Waals surface area contributed by atoms with Crippen molar-refractivity contribution >= 4 is 17.6 Å². The van der Waals surface area contributed by atoms with Gasteiger partial charge in [0.1, 0.15) is 0 Å². The molecule has 1 aliphatic carbocycles. The van der Waals surface area contributed by atoms with Gasteiger partial charge in [0.25, 0.3) is 0 Å². The Morgan fingerprint density at radius 1 is 0.952 bits per heavy atom. The number of aromatic carboxylic acids is 1. The van der Waals surface area contributed by atoms with Gasteiger partial charge in [-0.2, -0.15) is 0 Å². The Bertz CT molecular complexity index is 684. The van der Waals surface area contributed by atoms with E-state index < -0.39 is 5.97 Å². The Hall–Kier alpha value is -2.62. The van der Waals surface area contributed by atoms with Gasteiger partial charge in [0.2, 0.25) is 5.91 Å². The molecule has 0 saturated carbocycles. The van der Waals surface area contributed by atoms with Gasteiger partial charge in [-0.3, -0.25) is 4.79 Å². The van der Waals surface area contributed by atoms with Crippen molar-refractivity contribution in [1.29, 1.82) is 0 Å². The number of nitrogens with one attached hydrogen (secondary N) is 1. The van der Waals surface area contributed by atoms with Gasteiger partial charge in [-0.05, 0) is 36.1 Å². The summed E-state index contributed by atoms with van der Waals surface area (Å²) in [4.78, 5) is 23.5. The van der Waals surface area contributed by atoms with Crippen LogP contribution in [0.3, 0.4) is 0 Å². The van der Waals surface area contributed by atoms with Crippen LogP contribution in [0.1, 0.15) is 21.5 Å². The van der Waals surface area contributed by atoms with Crippen molar-refractivity contribution < 1.29 is 14.7 Å². The molecule has 0 bridgehead atoms. The Morgan fingerprint density at radius 2 is 1.52 bits per heavy atom. The van der Waals surface area contributed by atoms with Crippen molar-refractivity contribution in [2.45, 2.75) is 12.8 Å². The Balaban J connectivity index is 1.76. The van der Waals surface area contributed by atoms with Crippen LogP contribution < -0.4 is 5.32 Å². The highest BCUT2D eigenvalue weighted by atomic mass is 16.4. The van der Waals surface area contributed by atoms with Crippen LogP contribution in [0.25, 0.3) is 0 Å². The standard InChI is InChI=1S/C17H15NO3/c19-16(13-9-11-5-1-2-6-12(11)10-13)18-15-8-4-3-7-14(15)17(20)21/h1-8,13H,9-10H2,(H,18,19)(H,20,21). The minimum absolute atomic E-state index is 0.112. The van der Waals surface area contributed by atoms with Crippen molar-refractivity contribution in [2.75, 3.05) is 5.32 Å². The first-order valence-corrected chi connectivity index (χ1v) is 6.85. The SMILES string of the molecule is O=C(O)c1ccccc1NC(=O)C1Cc2ccccc2C1. The number of carboxylic acids is 1. The van der Waals surface area contributed by atoms with E-state index in [0.717, 1.165) is 0 Å². The number of carbonyl (C=O) groups excluding carboxylic acids is 1. The molecule has 1 amide bonds. The molecule has 4 nitrogen and oxygen atoms in total. The molecule has 0 saturated heterocycles. The highest BCUT2D eigenvalue weighted by molar-refractivity contribution is 6.01. The molecule has 2 N–H and O–H groups in total. The fraction of sp³-hybridized carbons (Fsp3) is 0.176. The first-order valence-electron chi connectivity index (χ1n) is 6.85. The number of fused-ring (bicyclic) bond motifs is 1. The molecule has 0 radical (unpaired) electrons. The third kappa shape index (κ3) is 2.65. The third-order valence-electron chi connectivity index (χ3n) is 3.84. The van der Waals surface area contributed by atoms with Crippen LogP contribution >= 0.6 is 0 Å². The molecule has 106 valence electrons. The van der Waals surface area contributed by atoms with E-state index in [-0.39, 0.29) is 17.4 Å². The van der Waals surface area contributed by atoms with Crippen molar-refractivity contribution in [1.82, 2.24) is 0 Å². The minimum atomic E-state index is -1.04. The summed E-state index contributed by atoms with van der Waals surface area (Å²) in [5.74, 6) is -1.30. The molecule has 21 heavy (non-hydrogen) atoms. The van der Waals surface area contributed by atoms with Crippen LogP contribution in [0, 0.1) is 5.92 Å². The summed E-state index contributed by atoms with van der Waals surface area (Å²) in [6, 6.07) is 14.5.